The van der Waals surface area contributed by atoms with Gasteiger partial charge < -0.3 is 4.98 Å². The van der Waals surface area contributed by atoms with E-state index in [0.29, 0.717) is 11.3 Å². The SMILES string of the molecule is FC(F)(F)c1cc(-c2ccccc2)[nH]c(=S)c1. The Hall–Kier alpha value is -1.62. The Labute approximate surface area is 101 Å². The highest BCUT2D eigenvalue weighted by Crippen LogP contribution is 2.31. The van der Waals surface area contributed by atoms with E-state index in [9.17, 15) is 13.2 Å². The van der Waals surface area contributed by atoms with Crippen molar-refractivity contribution >= 4 is 12.2 Å². The average Bonchev–Trinajstić information content (AvgIpc) is 2.28. The summed E-state index contributed by atoms with van der Waals surface area (Å²) in [6.45, 7) is 0. The van der Waals surface area contributed by atoms with E-state index in [1.54, 1.807) is 30.3 Å². The van der Waals surface area contributed by atoms with Gasteiger partial charge in [-0.1, -0.05) is 42.5 Å². The standard InChI is InChI=1S/C12H8F3NS/c13-12(14,15)9-6-10(16-11(17)7-9)8-4-2-1-3-5-8/h1-7H,(H,16,17). The van der Waals surface area contributed by atoms with Crippen LogP contribution in [0.2, 0.25) is 0 Å². The molecule has 0 spiro atoms. The molecule has 0 aliphatic rings. The van der Waals surface area contributed by atoms with Gasteiger partial charge in [0.2, 0.25) is 0 Å². The lowest BCUT2D eigenvalue weighted by atomic mass is 10.1. The first-order valence-corrected chi connectivity index (χ1v) is 5.24. The van der Waals surface area contributed by atoms with Gasteiger partial charge >= 0.3 is 6.18 Å². The second-order valence-corrected chi connectivity index (χ2v) is 3.95. The Bertz CT molecular complexity index is 572. The summed E-state index contributed by atoms with van der Waals surface area (Å²) in [5.41, 5.74) is 0.301. The third-order valence-corrected chi connectivity index (χ3v) is 2.48. The molecule has 17 heavy (non-hydrogen) atoms. The van der Waals surface area contributed by atoms with Gasteiger partial charge in [-0.15, -0.1) is 0 Å². The highest BCUT2D eigenvalue weighted by molar-refractivity contribution is 7.71. The number of halogens is 3. The lowest BCUT2D eigenvalue weighted by Crippen LogP contribution is -2.05. The quantitative estimate of drug-likeness (QED) is 0.745. The molecule has 0 saturated carbocycles. The van der Waals surface area contributed by atoms with Crippen molar-refractivity contribution in [3.63, 3.8) is 0 Å². The third kappa shape index (κ3) is 2.74. The van der Waals surface area contributed by atoms with Gasteiger partial charge in [-0.05, 0) is 17.7 Å². The number of pyridine rings is 1. The molecule has 0 atom stereocenters. The molecule has 0 aliphatic carbocycles. The third-order valence-electron chi connectivity index (χ3n) is 2.26. The van der Waals surface area contributed by atoms with Crippen LogP contribution in [0.1, 0.15) is 5.56 Å². The molecule has 2 rings (SSSR count). The van der Waals surface area contributed by atoms with E-state index < -0.39 is 11.7 Å². The lowest BCUT2D eigenvalue weighted by molar-refractivity contribution is -0.137. The fourth-order valence-corrected chi connectivity index (χ4v) is 1.72. The summed E-state index contributed by atoms with van der Waals surface area (Å²) in [5.74, 6) is 0. The van der Waals surface area contributed by atoms with Crippen molar-refractivity contribution in [1.29, 1.82) is 0 Å². The van der Waals surface area contributed by atoms with Crippen LogP contribution < -0.4 is 0 Å². The van der Waals surface area contributed by atoms with Gasteiger partial charge in [0.25, 0.3) is 0 Å². The monoisotopic (exact) mass is 255 g/mol. The number of alkyl halides is 3. The van der Waals surface area contributed by atoms with Crippen molar-refractivity contribution < 1.29 is 13.2 Å². The summed E-state index contributed by atoms with van der Waals surface area (Å²) in [6.07, 6.45) is -4.38. The van der Waals surface area contributed by atoms with Crippen LogP contribution in [0.25, 0.3) is 11.3 Å². The highest BCUT2D eigenvalue weighted by atomic mass is 32.1. The molecule has 1 aromatic carbocycles. The van der Waals surface area contributed by atoms with Crippen LogP contribution in [0.4, 0.5) is 13.2 Å². The second kappa shape index (κ2) is 4.33. The fraction of sp³-hybridized carbons (Fsp3) is 0.0833. The van der Waals surface area contributed by atoms with Crippen molar-refractivity contribution in [3.05, 3.63) is 52.7 Å². The summed E-state index contributed by atoms with van der Waals surface area (Å²) >= 11 is 4.80. The summed E-state index contributed by atoms with van der Waals surface area (Å²) in [5, 5.41) is 0. The summed E-state index contributed by atoms with van der Waals surface area (Å²) in [7, 11) is 0. The normalized spacial score (nSPS) is 11.5. The number of aromatic nitrogens is 1. The molecular formula is C12H8F3NS. The molecule has 88 valence electrons. The van der Waals surface area contributed by atoms with Gasteiger partial charge in [0.05, 0.1) is 5.56 Å². The van der Waals surface area contributed by atoms with E-state index >= 15 is 0 Å². The Morgan fingerprint density at radius 2 is 1.65 bits per heavy atom. The van der Waals surface area contributed by atoms with Crippen LogP contribution in [0.3, 0.4) is 0 Å². The van der Waals surface area contributed by atoms with Crippen molar-refractivity contribution in [2.75, 3.05) is 0 Å². The van der Waals surface area contributed by atoms with E-state index in [2.05, 4.69) is 4.98 Å². The van der Waals surface area contributed by atoms with Gasteiger partial charge in [0, 0.05) is 5.69 Å². The van der Waals surface area contributed by atoms with Crippen LogP contribution in [0, 0.1) is 4.64 Å². The van der Waals surface area contributed by atoms with Crippen LogP contribution in [-0.2, 0) is 6.18 Å². The number of hydrogen-bond acceptors (Lipinski definition) is 1. The first kappa shape index (κ1) is 11.9. The summed E-state index contributed by atoms with van der Waals surface area (Å²) in [4.78, 5) is 2.75. The van der Waals surface area contributed by atoms with E-state index in [-0.39, 0.29) is 4.64 Å². The molecule has 0 fully saturated rings. The number of H-pyrrole nitrogens is 1. The fourth-order valence-electron chi connectivity index (χ4n) is 1.48. The minimum atomic E-state index is -4.38. The molecular weight excluding hydrogens is 247 g/mol. The van der Waals surface area contributed by atoms with E-state index in [0.717, 1.165) is 12.1 Å². The molecule has 0 amide bonds. The van der Waals surface area contributed by atoms with E-state index in [1.165, 1.54) is 0 Å². The average molecular weight is 255 g/mol. The van der Waals surface area contributed by atoms with Crippen LogP contribution in [0.5, 0.6) is 0 Å². The number of aromatic amines is 1. The number of nitrogens with one attached hydrogen (secondary N) is 1. The van der Waals surface area contributed by atoms with Gasteiger partial charge in [0.1, 0.15) is 4.64 Å². The van der Waals surface area contributed by atoms with Crippen molar-refractivity contribution in [3.8, 4) is 11.3 Å². The smallest absolute Gasteiger partial charge is 0.346 e. The van der Waals surface area contributed by atoms with Crippen LogP contribution in [-0.4, -0.2) is 4.98 Å². The largest absolute Gasteiger partial charge is 0.416 e. The number of rotatable bonds is 1. The Morgan fingerprint density at radius 1 is 1.00 bits per heavy atom. The highest BCUT2D eigenvalue weighted by Gasteiger charge is 2.30. The minimum absolute atomic E-state index is 0.0682. The van der Waals surface area contributed by atoms with Gasteiger partial charge in [-0.3, -0.25) is 0 Å². The molecule has 0 saturated heterocycles. The minimum Gasteiger partial charge on any atom is -0.346 e. The Kier molecular flexibility index (Phi) is 3.02. The molecule has 1 aromatic heterocycles. The zero-order chi connectivity index (χ0) is 12.5. The predicted molar refractivity (Wildman–Crippen MR) is 62.1 cm³/mol. The molecule has 2 aromatic rings. The van der Waals surface area contributed by atoms with Gasteiger partial charge in [-0.2, -0.15) is 13.2 Å². The summed E-state index contributed by atoms with van der Waals surface area (Å²) in [6, 6.07) is 10.7. The molecule has 0 radical (unpaired) electrons. The Balaban J connectivity index is 2.58. The van der Waals surface area contributed by atoms with E-state index in [4.69, 9.17) is 12.2 Å². The molecule has 1 N–H and O–H groups in total. The number of hydrogen-bond donors (Lipinski definition) is 1. The van der Waals surface area contributed by atoms with Crippen LogP contribution in [0.15, 0.2) is 42.5 Å². The molecule has 1 heterocycles. The first-order valence-electron chi connectivity index (χ1n) is 4.84. The second-order valence-electron chi connectivity index (χ2n) is 3.51. The van der Waals surface area contributed by atoms with E-state index in [1.807, 2.05) is 0 Å². The molecule has 0 aliphatic heterocycles. The Morgan fingerprint density at radius 3 is 2.24 bits per heavy atom. The maximum absolute atomic E-state index is 12.6. The topological polar surface area (TPSA) is 15.8 Å². The molecule has 5 heteroatoms. The van der Waals surface area contributed by atoms with Crippen molar-refractivity contribution in [2.24, 2.45) is 0 Å². The molecule has 0 unspecified atom stereocenters. The summed E-state index contributed by atoms with van der Waals surface area (Å²) < 4.78 is 37.9. The van der Waals surface area contributed by atoms with Gasteiger partial charge in [0.15, 0.2) is 0 Å². The van der Waals surface area contributed by atoms with Gasteiger partial charge in [-0.25, -0.2) is 0 Å². The number of benzene rings is 1. The van der Waals surface area contributed by atoms with Crippen LogP contribution >= 0.6 is 12.2 Å². The zero-order valence-electron chi connectivity index (χ0n) is 8.58. The van der Waals surface area contributed by atoms with Crippen molar-refractivity contribution in [2.45, 2.75) is 6.18 Å². The van der Waals surface area contributed by atoms with Crippen molar-refractivity contribution in [1.82, 2.24) is 4.98 Å². The maximum atomic E-state index is 12.6. The molecule has 0 bridgehead atoms. The predicted octanol–water partition coefficient (Wildman–Crippen LogP) is 4.43. The maximum Gasteiger partial charge on any atom is 0.416 e. The first-order chi connectivity index (χ1) is 7.97. The lowest BCUT2D eigenvalue weighted by Gasteiger charge is -2.09. The molecule has 1 nitrogen and oxygen atoms in total. The zero-order valence-corrected chi connectivity index (χ0v) is 9.40.